The van der Waals surface area contributed by atoms with Crippen LogP contribution in [0.5, 0.6) is 5.75 Å². The monoisotopic (exact) mass is 409 g/mol. The number of carbonyl (C=O) groups is 3. The first kappa shape index (κ1) is 20.5. The number of benzene rings is 2. The number of aromatic nitrogens is 3. The minimum Gasteiger partial charge on any atom is -0.497 e. The molecule has 0 saturated carbocycles. The number of aliphatic carboxylic acids is 1. The molecule has 0 unspecified atom stereocenters. The van der Waals surface area contributed by atoms with Crippen LogP contribution in [-0.4, -0.2) is 51.5 Å². The SMILES string of the molecule is COc1cccc(-n2nnc(C(=O)Nc3cccc(C(=O)NCC(=O)O)c3)c2C)c1. The third-order valence-corrected chi connectivity index (χ3v) is 4.19. The van der Waals surface area contributed by atoms with Gasteiger partial charge in [0.25, 0.3) is 11.8 Å². The largest absolute Gasteiger partial charge is 0.497 e. The van der Waals surface area contributed by atoms with Gasteiger partial charge in [-0.15, -0.1) is 5.10 Å². The minimum absolute atomic E-state index is 0.124. The van der Waals surface area contributed by atoms with Gasteiger partial charge in [-0.25, -0.2) is 4.68 Å². The maximum atomic E-state index is 12.7. The Balaban J connectivity index is 1.77. The number of rotatable bonds is 7. The van der Waals surface area contributed by atoms with Gasteiger partial charge < -0.3 is 20.5 Å². The van der Waals surface area contributed by atoms with Crippen molar-refractivity contribution in [2.75, 3.05) is 19.0 Å². The van der Waals surface area contributed by atoms with Crippen molar-refractivity contribution >= 4 is 23.5 Å². The summed E-state index contributed by atoms with van der Waals surface area (Å²) in [7, 11) is 1.56. The van der Waals surface area contributed by atoms with E-state index in [2.05, 4.69) is 20.9 Å². The van der Waals surface area contributed by atoms with Crippen LogP contribution >= 0.6 is 0 Å². The molecule has 2 aromatic carbocycles. The zero-order valence-electron chi connectivity index (χ0n) is 16.2. The molecule has 3 aromatic rings. The van der Waals surface area contributed by atoms with E-state index >= 15 is 0 Å². The average molecular weight is 409 g/mol. The Hall–Kier alpha value is -4.21. The number of ether oxygens (including phenoxy) is 1. The summed E-state index contributed by atoms with van der Waals surface area (Å²) in [6.45, 7) is 1.21. The molecule has 10 heteroatoms. The molecule has 0 aliphatic rings. The molecule has 10 nitrogen and oxygen atoms in total. The van der Waals surface area contributed by atoms with Gasteiger partial charge in [-0.05, 0) is 37.3 Å². The predicted octanol–water partition coefficient (Wildman–Crippen LogP) is 1.65. The first-order valence-corrected chi connectivity index (χ1v) is 8.87. The normalized spacial score (nSPS) is 10.3. The zero-order chi connectivity index (χ0) is 21.7. The zero-order valence-corrected chi connectivity index (χ0v) is 16.2. The van der Waals surface area contributed by atoms with Crippen LogP contribution < -0.4 is 15.4 Å². The number of nitrogens with one attached hydrogen (secondary N) is 2. The Labute approximate surface area is 171 Å². The van der Waals surface area contributed by atoms with Gasteiger partial charge in [-0.1, -0.05) is 17.3 Å². The number of nitrogens with zero attached hydrogens (tertiary/aromatic N) is 3. The van der Waals surface area contributed by atoms with E-state index in [4.69, 9.17) is 9.84 Å². The smallest absolute Gasteiger partial charge is 0.322 e. The molecule has 0 saturated heterocycles. The molecule has 0 atom stereocenters. The Morgan fingerprint density at radius 1 is 1.10 bits per heavy atom. The van der Waals surface area contributed by atoms with E-state index < -0.39 is 24.3 Å². The third-order valence-electron chi connectivity index (χ3n) is 4.19. The van der Waals surface area contributed by atoms with E-state index in [1.807, 2.05) is 6.07 Å². The van der Waals surface area contributed by atoms with Gasteiger partial charge in [0.1, 0.15) is 12.3 Å². The number of methoxy groups -OCH3 is 1. The predicted molar refractivity (Wildman–Crippen MR) is 107 cm³/mol. The summed E-state index contributed by atoms with van der Waals surface area (Å²) in [5.41, 5.74) is 1.91. The molecular weight excluding hydrogens is 390 g/mol. The molecule has 0 fully saturated rings. The number of carbonyl (C=O) groups excluding carboxylic acids is 2. The van der Waals surface area contributed by atoms with Gasteiger partial charge in [0, 0.05) is 17.3 Å². The number of amides is 2. The summed E-state index contributed by atoms with van der Waals surface area (Å²) in [6.07, 6.45) is 0. The van der Waals surface area contributed by atoms with Crippen molar-refractivity contribution in [3.8, 4) is 11.4 Å². The van der Waals surface area contributed by atoms with E-state index in [-0.39, 0.29) is 11.3 Å². The highest BCUT2D eigenvalue weighted by Crippen LogP contribution is 2.19. The fourth-order valence-electron chi connectivity index (χ4n) is 2.71. The second-order valence-corrected chi connectivity index (χ2v) is 6.25. The van der Waals surface area contributed by atoms with Crippen LogP contribution in [0.2, 0.25) is 0 Å². The molecular formula is C20H19N5O5. The summed E-state index contributed by atoms with van der Waals surface area (Å²) < 4.78 is 6.73. The van der Waals surface area contributed by atoms with Crippen molar-refractivity contribution in [1.29, 1.82) is 0 Å². The van der Waals surface area contributed by atoms with Crippen molar-refractivity contribution < 1.29 is 24.2 Å². The van der Waals surface area contributed by atoms with Gasteiger partial charge >= 0.3 is 5.97 Å². The van der Waals surface area contributed by atoms with E-state index in [1.165, 1.54) is 16.8 Å². The second kappa shape index (κ2) is 8.86. The lowest BCUT2D eigenvalue weighted by Gasteiger charge is -2.08. The van der Waals surface area contributed by atoms with Crippen molar-refractivity contribution in [3.63, 3.8) is 0 Å². The van der Waals surface area contributed by atoms with E-state index in [0.29, 0.717) is 22.8 Å². The lowest BCUT2D eigenvalue weighted by atomic mass is 10.2. The topological polar surface area (TPSA) is 135 Å². The first-order chi connectivity index (χ1) is 14.4. The molecule has 0 aliphatic carbocycles. The van der Waals surface area contributed by atoms with Crippen LogP contribution in [0, 0.1) is 6.92 Å². The van der Waals surface area contributed by atoms with Crippen molar-refractivity contribution in [1.82, 2.24) is 20.3 Å². The summed E-state index contributed by atoms with van der Waals surface area (Å²) in [6, 6.07) is 13.3. The minimum atomic E-state index is -1.15. The van der Waals surface area contributed by atoms with Crippen molar-refractivity contribution in [2.24, 2.45) is 0 Å². The fraction of sp³-hybridized carbons (Fsp3) is 0.150. The quantitative estimate of drug-likeness (QED) is 0.540. The Kier molecular flexibility index (Phi) is 6.06. The molecule has 3 rings (SSSR count). The molecule has 0 aliphatic heterocycles. The number of carboxylic acid groups (broad SMARTS) is 1. The Morgan fingerprint density at radius 3 is 2.60 bits per heavy atom. The Morgan fingerprint density at radius 2 is 1.87 bits per heavy atom. The summed E-state index contributed by atoms with van der Waals surface area (Å²) >= 11 is 0. The molecule has 1 heterocycles. The fourth-order valence-corrected chi connectivity index (χ4v) is 2.71. The maximum absolute atomic E-state index is 12.7. The molecule has 2 amide bonds. The maximum Gasteiger partial charge on any atom is 0.322 e. The van der Waals surface area contributed by atoms with Crippen molar-refractivity contribution in [2.45, 2.75) is 6.92 Å². The number of anilines is 1. The lowest BCUT2D eigenvalue weighted by Crippen LogP contribution is -2.29. The van der Waals surface area contributed by atoms with Gasteiger partial charge in [0.15, 0.2) is 5.69 Å². The van der Waals surface area contributed by atoms with Crippen LogP contribution in [0.1, 0.15) is 26.5 Å². The molecule has 1 aromatic heterocycles. The number of hydrogen-bond donors (Lipinski definition) is 3. The van der Waals surface area contributed by atoms with Gasteiger partial charge in [-0.3, -0.25) is 14.4 Å². The van der Waals surface area contributed by atoms with Gasteiger partial charge in [-0.2, -0.15) is 0 Å². The lowest BCUT2D eigenvalue weighted by molar-refractivity contribution is -0.135. The summed E-state index contributed by atoms with van der Waals surface area (Å²) in [5, 5.41) is 21.6. The third kappa shape index (κ3) is 4.61. The van der Waals surface area contributed by atoms with Crippen LogP contribution in [0.3, 0.4) is 0 Å². The van der Waals surface area contributed by atoms with Gasteiger partial charge in [0.05, 0.1) is 18.5 Å². The summed E-state index contributed by atoms with van der Waals surface area (Å²) in [5.74, 6) is -1.56. The van der Waals surface area contributed by atoms with Crippen molar-refractivity contribution in [3.05, 3.63) is 65.5 Å². The standard InChI is InChI=1S/C20H19N5O5/c1-12-18(23-24-25(12)15-7-4-8-16(10-15)30-2)20(29)22-14-6-3-5-13(9-14)19(28)21-11-17(26)27/h3-10H,11H2,1-2H3,(H,21,28)(H,22,29)(H,26,27). The van der Waals surface area contributed by atoms with E-state index in [9.17, 15) is 14.4 Å². The van der Waals surface area contributed by atoms with Crippen LogP contribution in [0.15, 0.2) is 48.5 Å². The van der Waals surface area contributed by atoms with Crippen LogP contribution in [0.4, 0.5) is 5.69 Å². The highest BCUT2D eigenvalue weighted by Gasteiger charge is 2.18. The van der Waals surface area contributed by atoms with Crippen LogP contribution in [0.25, 0.3) is 5.69 Å². The number of hydrogen-bond acceptors (Lipinski definition) is 6. The van der Waals surface area contributed by atoms with Gasteiger partial charge in [0.2, 0.25) is 0 Å². The average Bonchev–Trinajstić information content (AvgIpc) is 3.13. The highest BCUT2D eigenvalue weighted by molar-refractivity contribution is 6.04. The summed E-state index contributed by atoms with van der Waals surface area (Å²) in [4.78, 5) is 35.3. The highest BCUT2D eigenvalue weighted by atomic mass is 16.5. The molecule has 0 spiro atoms. The van der Waals surface area contributed by atoms with E-state index in [1.54, 1.807) is 44.4 Å². The molecule has 154 valence electrons. The van der Waals surface area contributed by atoms with E-state index in [0.717, 1.165) is 0 Å². The molecule has 3 N–H and O–H groups in total. The Bertz CT molecular complexity index is 1110. The second-order valence-electron chi connectivity index (χ2n) is 6.25. The molecule has 30 heavy (non-hydrogen) atoms. The number of carboxylic acids is 1. The van der Waals surface area contributed by atoms with Crippen LogP contribution in [-0.2, 0) is 4.79 Å². The molecule has 0 bridgehead atoms. The molecule has 0 radical (unpaired) electrons. The first-order valence-electron chi connectivity index (χ1n) is 8.87.